The Morgan fingerprint density at radius 1 is 1.30 bits per heavy atom. The normalized spacial score (nSPS) is 11.4. The molecule has 0 unspecified atom stereocenters. The zero-order valence-electron chi connectivity index (χ0n) is 13.0. The van der Waals surface area contributed by atoms with Crippen molar-refractivity contribution >= 4 is 17.5 Å². The Labute approximate surface area is 140 Å². The minimum absolute atomic E-state index is 0.0521. The van der Waals surface area contributed by atoms with Crippen LogP contribution in [0.4, 0.5) is 0 Å². The van der Waals surface area contributed by atoms with Crippen molar-refractivity contribution in [3.63, 3.8) is 0 Å². The van der Waals surface area contributed by atoms with Crippen LogP contribution in [-0.2, 0) is 4.79 Å². The molecule has 2 rings (SSSR count). The molecule has 2 aromatic carbocycles. The number of amides is 1. The summed E-state index contributed by atoms with van der Waals surface area (Å²) in [6.45, 7) is 1.85. The summed E-state index contributed by atoms with van der Waals surface area (Å²) in [5.74, 6) is 0.238. The third-order valence-electron chi connectivity index (χ3n) is 3.67. The average Bonchev–Trinajstić information content (AvgIpc) is 2.59. The van der Waals surface area contributed by atoms with Gasteiger partial charge in [0.05, 0.1) is 22.7 Å². The van der Waals surface area contributed by atoms with Gasteiger partial charge in [-0.05, 0) is 30.7 Å². The summed E-state index contributed by atoms with van der Waals surface area (Å²) in [6, 6.07) is 16.4. The molecule has 0 heterocycles. The summed E-state index contributed by atoms with van der Waals surface area (Å²) in [4.78, 5) is 13.9. The second kappa shape index (κ2) is 7.66. The first-order valence-corrected chi connectivity index (χ1v) is 7.53. The van der Waals surface area contributed by atoms with Gasteiger partial charge in [0.25, 0.3) is 5.91 Å². The van der Waals surface area contributed by atoms with Crippen molar-refractivity contribution < 1.29 is 9.53 Å². The van der Waals surface area contributed by atoms with E-state index in [-0.39, 0.29) is 18.6 Å². The molecule has 0 saturated carbocycles. The molecule has 0 N–H and O–H groups in total. The van der Waals surface area contributed by atoms with Crippen molar-refractivity contribution in [1.82, 2.24) is 4.90 Å². The van der Waals surface area contributed by atoms with Gasteiger partial charge in [-0.1, -0.05) is 41.9 Å². The summed E-state index contributed by atoms with van der Waals surface area (Å²) in [6.07, 6.45) is 0. The van der Waals surface area contributed by atoms with Gasteiger partial charge in [0.1, 0.15) is 5.75 Å². The van der Waals surface area contributed by atoms with E-state index >= 15 is 0 Å². The van der Waals surface area contributed by atoms with Crippen LogP contribution in [0.15, 0.2) is 48.5 Å². The van der Waals surface area contributed by atoms with Gasteiger partial charge in [-0.3, -0.25) is 4.79 Å². The van der Waals surface area contributed by atoms with Gasteiger partial charge in [-0.2, -0.15) is 5.26 Å². The van der Waals surface area contributed by atoms with Crippen LogP contribution in [0, 0.1) is 11.3 Å². The first-order chi connectivity index (χ1) is 11.0. The molecule has 23 heavy (non-hydrogen) atoms. The van der Waals surface area contributed by atoms with Gasteiger partial charge < -0.3 is 9.64 Å². The molecule has 0 fully saturated rings. The smallest absolute Gasteiger partial charge is 0.260 e. The number of carbonyl (C=O) groups is 1. The maximum Gasteiger partial charge on any atom is 0.260 e. The van der Waals surface area contributed by atoms with Gasteiger partial charge in [0.15, 0.2) is 6.61 Å². The fourth-order valence-corrected chi connectivity index (χ4v) is 2.33. The Hall–Kier alpha value is -2.51. The number of ether oxygens (including phenoxy) is 1. The Morgan fingerprint density at radius 2 is 2.00 bits per heavy atom. The Morgan fingerprint density at radius 3 is 2.61 bits per heavy atom. The maximum absolute atomic E-state index is 12.3. The van der Waals surface area contributed by atoms with E-state index in [0.717, 1.165) is 5.56 Å². The second-order valence-corrected chi connectivity index (χ2v) is 5.54. The number of halogens is 1. The topological polar surface area (TPSA) is 53.3 Å². The molecular formula is C18H17ClN2O2. The van der Waals surface area contributed by atoms with E-state index in [1.807, 2.05) is 43.3 Å². The number of nitriles is 1. The molecule has 118 valence electrons. The van der Waals surface area contributed by atoms with Crippen molar-refractivity contribution in [3.8, 4) is 11.8 Å². The highest BCUT2D eigenvalue weighted by Crippen LogP contribution is 2.25. The lowest BCUT2D eigenvalue weighted by molar-refractivity contribution is -0.134. The number of hydrogen-bond donors (Lipinski definition) is 0. The molecule has 4 nitrogen and oxygen atoms in total. The zero-order valence-corrected chi connectivity index (χ0v) is 13.7. The highest BCUT2D eigenvalue weighted by Gasteiger charge is 2.18. The minimum Gasteiger partial charge on any atom is -0.482 e. The van der Waals surface area contributed by atoms with E-state index in [1.54, 1.807) is 24.1 Å². The van der Waals surface area contributed by atoms with Crippen molar-refractivity contribution in [2.75, 3.05) is 13.7 Å². The van der Waals surface area contributed by atoms with E-state index in [1.165, 1.54) is 6.07 Å². The van der Waals surface area contributed by atoms with Gasteiger partial charge in [-0.25, -0.2) is 0 Å². The lowest BCUT2D eigenvalue weighted by atomic mass is 10.1. The second-order valence-electron chi connectivity index (χ2n) is 5.14. The molecule has 0 saturated heterocycles. The van der Waals surface area contributed by atoms with Crippen LogP contribution < -0.4 is 4.74 Å². The Bertz CT molecular complexity index is 726. The molecule has 0 spiro atoms. The molecule has 5 heteroatoms. The number of carbonyl (C=O) groups excluding carboxylic acids is 1. The van der Waals surface area contributed by atoms with E-state index in [0.29, 0.717) is 16.3 Å². The summed E-state index contributed by atoms with van der Waals surface area (Å²) in [7, 11) is 1.74. The third kappa shape index (κ3) is 4.24. The number of benzene rings is 2. The average molecular weight is 329 g/mol. The van der Waals surface area contributed by atoms with Crippen molar-refractivity contribution in [2.24, 2.45) is 0 Å². The first kappa shape index (κ1) is 16.9. The lowest BCUT2D eigenvalue weighted by Gasteiger charge is -2.25. The number of likely N-dealkylation sites (N-methyl/N-ethyl adjacent to an activating group) is 1. The SMILES string of the molecule is C[C@@H](c1ccccc1)N(C)C(=O)COc1ccc(C#N)cc1Cl. The summed E-state index contributed by atoms with van der Waals surface area (Å²) < 4.78 is 5.47. The van der Waals surface area contributed by atoms with E-state index in [9.17, 15) is 4.79 Å². The zero-order chi connectivity index (χ0) is 16.8. The van der Waals surface area contributed by atoms with E-state index in [2.05, 4.69) is 0 Å². The fraction of sp³-hybridized carbons (Fsp3) is 0.222. The lowest BCUT2D eigenvalue weighted by Crippen LogP contribution is -2.33. The van der Waals surface area contributed by atoms with Gasteiger partial charge in [0, 0.05) is 7.05 Å². The predicted octanol–water partition coefficient (Wildman–Crippen LogP) is 3.81. The Balaban J connectivity index is 1.98. The molecule has 0 aliphatic rings. The van der Waals surface area contributed by atoms with E-state index in [4.69, 9.17) is 21.6 Å². The van der Waals surface area contributed by atoms with Gasteiger partial charge in [0.2, 0.25) is 0 Å². The van der Waals surface area contributed by atoms with Crippen molar-refractivity contribution in [2.45, 2.75) is 13.0 Å². The number of hydrogen-bond acceptors (Lipinski definition) is 3. The quantitative estimate of drug-likeness (QED) is 0.838. The molecule has 1 atom stereocenters. The third-order valence-corrected chi connectivity index (χ3v) is 3.96. The van der Waals surface area contributed by atoms with Crippen LogP contribution in [0.25, 0.3) is 0 Å². The largest absolute Gasteiger partial charge is 0.482 e. The van der Waals surface area contributed by atoms with Crippen LogP contribution in [0.1, 0.15) is 24.1 Å². The van der Waals surface area contributed by atoms with Gasteiger partial charge in [-0.15, -0.1) is 0 Å². The number of rotatable bonds is 5. The molecule has 0 aliphatic heterocycles. The molecule has 0 radical (unpaired) electrons. The molecule has 1 amide bonds. The predicted molar refractivity (Wildman–Crippen MR) is 89.3 cm³/mol. The number of nitrogens with zero attached hydrogens (tertiary/aromatic N) is 2. The van der Waals surface area contributed by atoms with Crippen LogP contribution in [0.2, 0.25) is 5.02 Å². The summed E-state index contributed by atoms with van der Waals surface area (Å²) in [5.41, 5.74) is 1.50. The van der Waals surface area contributed by atoms with Crippen LogP contribution in [0.3, 0.4) is 0 Å². The molecule has 0 aromatic heterocycles. The molecular weight excluding hydrogens is 312 g/mol. The van der Waals surface area contributed by atoms with Crippen LogP contribution in [0.5, 0.6) is 5.75 Å². The van der Waals surface area contributed by atoms with Crippen LogP contribution in [-0.4, -0.2) is 24.5 Å². The monoisotopic (exact) mass is 328 g/mol. The highest BCUT2D eigenvalue weighted by molar-refractivity contribution is 6.32. The fourth-order valence-electron chi connectivity index (χ4n) is 2.10. The summed E-state index contributed by atoms with van der Waals surface area (Å²) >= 11 is 6.03. The van der Waals surface area contributed by atoms with E-state index < -0.39 is 0 Å². The van der Waals surface area contributed by atoms with Crippen LogP contribution >= 0.6 is 11.6 Å². The molecule has 0 aliphatic carbocycles. The molecule has 2 aromatic rings. The standard InChI is InChI=1S/C18H17ClN2O2/c1-13(15-6-4-3-5-7-15)21(2)18(22)12-23-17-9-8-14(11-20)10-16(17)19/h3-10,13H,12H2,1-2H3/t13-/m0/s1. The van der Waals surface area contributed by atoms with Crippen molar-refractivity contribution in [1.29, 1.82) is 5.26 Å². The first-order valence-electron chi connectivity index (χ1n) is 7.16. The minimum atomic E-state index is -0.151. The highest BCUT2D eigenvalue weighted by atomic mass is 35.5. The maximum atomic E-state index is 12.3. The Kier molecular flexibility index (Phi) is 5.61. The van der Waals surface area contributed by atoms with Gasteiger partial charge >= 0.3 is 0 Å². The molecule has 0 bridgehead atoms. The summed E-state index contributed by atoms with van der Waals surface area (Å²) in [5, 5.41) is 9.12. The van der Waals surface area contributed by atoms with Crippen molar-refractivity contribution in [3.05, 3.63) is 64.7 Å².